The molecule has 2 N–H and O–H groups in total. The average Bonchev–Trinajstić information content (AvgIpc) is 2.05. The summed E-state index contributed by atoms with van der Waals surface area (Å²) >= 11 is 0. The lowest BCUT2D eigenvalue weighted by molar-refractivity contribution is 0.946. The quantitative estimate of drug-likeness (QED) is 0.604. The highest BCUT2D eigenvalue weighted by atomic mass is 14.6. The maximum Gasteiger partial charge on any atom is 0.0918 e. The highest BCUT2D eigenvalue weighted by molar-refractivity contribution is 5.24. The topological polar surface area (TPSA) is 26.0 Å². The van der Waals surface area contributed by atoms with Crippen LogP contribution >= 0.6 is 0 Å². The molecular formula is C10H13N. The molecule has 0 spiro atoms. The van der Waals surface area contributed by atoms with Crippen molar-refractivity contribution in [3.8, 4) is 12.3 Å². The highest BCUT2D eigenvalue weighted by Gasteiger charge is 1.97. The molecule has 1 aromatic carbocycles. The molecule has 1 unspecified atom stereocenters. The molecule has 1 aromatic rings. The van der Waals surface area contributed by atoms with Gasteiger partial charge < -0.3 is 5.73 Å². The third-order valence-corrected chi connectivity index (χ3v) is 1.34. The fraction of sp³-hybridized carbons (Fsp3) is 0.200. The predicted octanol–water partition coefficient (Wildman–Crippen LogP) is 1.96. The first-order valence-corrected chi connectivity index (χ1v) is 3.11. The molecule has 1 rings (SSSR count). The van der Waals surface area contributed by atoms with E-state index in [1.807, 2.05) is 30.3 Å². The van der Waals surface area contributed by atoms with Crippen LogP contribution in [0.2, 0.25) is 0 Å². The molecule has 0 aromatic heterocycles. The minimum Gasteiger partial charge on any atom is -0.314 e. The van der Waals surface area contributed by atoms with Crippen molar-refractivity contribution in [1.82, 2.24) is 0 Å². The van der Waals surface area contributed by atoms with Crippen molar-refractivity contribution in [3.05, 3.63) is 35.9 Å². The zero-order chi connectivity index (χ0) is 7.40. The summed E-state index contributed by atoms with van der Waals surface area (Å²) in [5, 5.41) is 0. The van der Waals surface area contributed by atoms with Crippen LogP contribution in [-0.2, 0) is 0 Å². The SMILES string of the molecule is C.C#CC(N)c1ccccc1. The zero-order valence-electron chi connectivity index (χ0n) is 5.62. The van der Waals surface area contributed by atoms with Gasteiger partial charge in [-0.25, -0.2) is 0 Å². The summed E-state index contributed by atoms with van der Waals surface area (Å²) in [6, 6.07) is 9.36. The van der Waals surface area contributed by atoms with Gasteiger partial charge in [0.05, 0.1) is 6.04 Å². The van der Waals surface area contributed by atoms with Gasteiger partial charge >= 0.3 is 0 Å². The molecule has 0 aliphatic carbocycles. The molecule has 0 saturated heterocycles. The summed E-state index contributed by atoms with van der Waals surface area (Å²) in [6.07, 6.45) is 5.13. The van der Waals surface area contributed by atoms with Crippen LogP contribution in [0.25, 0.3) is 0 Å². The Morgan fingerprint density at radius 1 is 1.27 bits per heavy atom. The van der Waals surface area contributed by atoms with Gasteiger partial charge in [-0.3, -0.25) is 0 Å². The van der Waals surface area contributed by atoms with Crippen LogP contribution in [0.4, 0.5) is 0 Å². The number of hydrogen-bond acceptors (Lipinski definition) is 1. The fourth-order valence-corrected chi connectivity index (χ4v) is 0.757. The van der Waals surface area contributed by atoms with Crippen molar-refractivity contribution < 1.29 is 0 Å². The summed E-state index contributed by atoms with van der Waals surface area (Å²) in [6.45, 7) is 0. The Morgan fingerprint density at radius 2 is 1.82 bits per heavy atom. The maximum absolute atomic E-state index is 5.56. The second-order valence-electron chi connectivity index (χ2n) is 2.06. The minimum absolute atomic E-state index is 0. The molecule has 0 saturated carbocycles. The van der Waals surface area contributed by atoms with Crippen molar-refractivity contribution in [2.75, 3.05) is 0 Å². The van der Waals surface area contributed by atoms with Gasteiger partial charge in [0.15, 0.2) is 0 Å². The highest BCUT2D eigenvalue weighted by Crippen LogP contribution is 2.06. The second kappa shape index (κ2) is 4.54. The Kier molecular flexibility index (Phi) is 4.02. The van der Waals surface area contributed by atoms with Gasteiger partial charge in [-0.2, -0.15) is 0 Å². The monoisotopic (exact) mass is 147 g/mol. The largest absolute Gasteiger partial charge is 0.314 e. The van der Waals surface area contributed by atoms with Gasteiger partial charge in [-0.05, 0) is 5.56 Å². The molecule has 0 aliphatic heterocycles. The lowest BCUT2D eigenvalue weighted by Crippen LogP contribution is -2.06. The van der Waals surface area contributed by atoms with Crippen LogP contribution in [0, 0.1) is 12.3 Å². The Labute approximate surface area is 68.2 Å². The van der Waals surface area contributed by atoms with E-state index in [-0.39, 0.29) is 13.5 Å². The van der Waals surface area contributed by atoms with Gasteiger partial charge in [-0.1, -0.05) is 43.7 Å². The van der Waals surface area contributed by atoms with Crippen LogP contribution in [0.15, 0.2) is 30.3 Å². The molecular weight excluding hydrogens is 134 g/mol. The number of nitrogens with two attached hydrogens (primary N) is 1. The lowest BCUT2D eigenvalue weighted by atomic mass is 10.1. The van der Waals surface area contributed by atoms with Crippen molar-refractivity contribution >= 4 is 0 Å². The molecule has 11 heavy (non-hydrogen) atoms. The predicted molar refractivity (Wildman–Crippen MR) is 48.9 cm³/mol. The average molecular weight is 147 g/mol. The van der Waals surface area contributed by atoms with Crippen LogP contribution in [0.5, 0.6) is 0 Å². The molecule has 0 amide bonds. The molecule has 1 atom stereocenters. The summed E-state index contributed by atoms with van der Waals surface area (Å²) in [4.78, 5) is 0. The number of benzene rings is 1. The van der Waals surface area contributed by atoms with E-state index < -0.39 is 0 Å². The van der Waals surface area contributed by atoms with Crippen molar-refractivity contribution in [2.45, 2.75) is 13.5 Å². The van der Waals surface area contributed by atoms with E-state index in [4.69, 9.17) is 12.2 Å². The number of terminal acetylenes is 1. The van der Waals surface area contributed by atoms with Gasteiger partial charge in [0, 0.05) is 0 Å². The normalized spacial score (nSPS) is 10.9. The summed E-state index contributed by atoms with van der Waals surface area (Å²) in [5.41, 5.74) is 6.55. The van der Waals surface area contributed by atoms with Crippen LogP contribution < -0.4 is 5.73 Å². The molecule has 0 bridgehead atoms. The van der Waals surface area contributed by atoms with Crippen molar-refractivity contribution in [2.24, 2.45) is 5.73 Å². The van der Waals surface area contributed by atoms with Gasteiger partial charge in [0.25, 0.3) is 0 Å². The first-order chi connectivity index (χ1) is 4.84. The third-order valence-electron chi connectivity index (χ3n) is 1.34. The standard InChI is InChI=1S/C9H9N.CH4/c1-2-9(10)8-6-4-3-5-7-8;/h1,3-7,9H,10H2;1H4. The fourth-order valence-electron chi connectivity index (χ4n) is 0.757. The van der Waals surface area contributed by atoms with E-state index >= 15 is 0 Å². The molecule has 0 radical (unpaired) electrons. The van der Waals surface area contributed by atoms with E-state index in [0.717, 1.165) is 5.56 Å². The van der Waals surface area contributed by atoms with E-state index in [2.05, 4.69) is 5.92 Å². The van der Waals surface area contributed by atoms with Crippen molar-refractivity contribution in [1.29, 1.82) is 0 Å². The first kappa shape index (κ1) is 9.74. The first-order valence-electron chi connectivity index (χ1n) is 3.11. The van der Waals surface area contributed by atoms with Crippen molar-refractivity contribution in [3.63, 3.8) is 0 Å². The summed E-state index contributed by atoms with van der Waals surface area (Å²) < 4.78 is 0. The van der Waals surface area contributed by atoms with E-state index in [0.29, 0.717) is 0 Å². The van der Waals surface area contributed by atoms with Crippen LogP contribution in [-0.4, -0.2) is 0 Å². The lowest BCUT2D eigenvalue weighted by Gasteiger charge is -2.01. The zero-order valence-corrected chi connectivity index (χ0v) is 5.62. The van der Waals surface area contributed by atoms with Gasteiger partial charge in [-0.15, -0.1) is 6.42 Å². The molecule has 58 valence electrons. The molecule has 0 fully saturated rings. The second-order valence-corrected chi connectivity index (χ2v) is 2.06. The van der Waals surface area contributed by atoms with Crippen LogP contribution in [0.1, 0.15) is 19.0 Å². The molecule has 0 heterocycles. The molecule has 1 nitrogen and oxygen atoms in total. The summed E-state index contributed by atoms with van der Waals surface area (Å²) in [5.74, 6) is 2.46. The summed E-state index contributed by atoms with van der Waals surface area (Å²) in [7, 11) is 0. The Hall–Kier alpha value is -1.26. The number of rotatable bonds is 1. The smallest absolute Gasteiger partial charge is 0.0918 e. The van der Waals surface area contributed by atoms with Gasteiger partial charge in [0.2, 0.25) is 0 Å². The minimum atomic E-state index is -0.263. The van der Waals surface area contributed by atoms with E-state index in [1.54, 1.807) is 0 Å². The van der Waals surface area contributed by atoms with E-state index in [1.165, 1.54) is 0 Å². The molecule has 1 heteroatoms. The number of hydrogen-bond donors (Lipinski definition) is 1. The van der Waals surface area contributed by atoms with Gasteiger partial charge in [0.1, 0.15) is 0 Å². The Bertz CT molecular complexity index is 233. The Morgan fingerprint density at radius 3 is 2.27 bits per heavy atom. The molecule has 0 aliphatic rings. The van der Waals surface area contributed by atoms with E-state index in [9.17, 15) is 0 Å². The Balaban J connectivity index is 0.000001000. The van der Waals surface area contributed by atoms with Crippen LogP contribution in [0.3, 0.4) is 0 Å². The third kappa shape index (κ3) is 2.45. The maximum atomic E-state index is 5.56.